The van der Waals surface area contributed by atoms with E-state index in [1.807, 2.05) is 50.0 Å². The van der Waals surface area contributed by atoms with Gasteiger partial charge in [-0.05, 0) is 79.0 Å². The number of aromatic nitrogens is 5. The largest absolute Gasteiger partial charge is 0.322 e. The van der Waals surface area contributed by atoms with Crippen LogP contribution in [0.5, 0.6) is 0 Å². The highest BCUT2D eigenvalue weighted by Crippen LogP contribution is 2.28. The minimum Gasteiger partial charge on any atom is -0.322 e. The van der Waals surface area contributed by atoms with Crippen LogP contribution in [0.2, 0.25) is 0 Å². The molecule has 1 N–H and O–H groups in total. The van der Waals surface area contributed by atoms with E-state index in [-0.39, 0.29) is 11.3 Å². The number of nitrogens with zero attached hydrogens (tertiary/aromatic N) is 5. The molecule has 0 spiro atoms. The maximum atomic E-state index is 13.4. The zero-order chi connectivity index (χ0) is 26.9. The van der Waals surface area contributed by atoms with Crippen LogP contribution >= 0.6 is 0 Å². The average molecular weight is 499 g/mol. The lowest BCUT2D eigenvalue weighted by atomic mass is 9.85. The van der Waals surface area contributed by atoms with Crippen molar-refractivity contribution in [1.29, 1.82) is 0 Å². The van der Waals surface area contributed by atoms with Gasteiger partial charge in [0, 0.05) is 29.6 Å². The van der Waals surface area contributed by atoms with Crippen LogP contribution in [0, 0.1) is 19.8 Å². The van der Waals surface area contributed by atoms with Crippen molar-refractivity contribution in [1.82, 2.24) is 24.8 Å². The van der Waals surface area contributed by atoms with Gasteiger partial charge in [-0.1, -0.05) is 52.0 Å². The highest BCUT2D eigenvalue weighted by molar-refractivity contribution is 6.04. The third kappa shape index (κ3) is 5.98. The first kappa shape index (κ1) is 26.3. The van der Waals surface area contributed by atoms with Gasteiger partial charge < -0.3 is 5.32 Å². The molecule has 0 unspecified atom stereocenters. The van der Waals surface area contributed by atoms with Gasteiger partial charge in [0.15, 0.2) is 0 Å². The van der Waals surface area contributed by atoms with Crippen LogP contribution in [0.1, 0.15) is 73.8 Å². The summed E-state index contributed by atoms with van der Waals surface area (Å²) in [6.45, 7) is 15.1. The molecule has 1 amide bonds. The molecule has 7 heteroatoms. The van der Waals surface area contributed by atoms with Gasteiger partial charge in [-0.3, -0.25) is 9.48 Å². The Morgan fingerprint density at radius 1 is 1.08 bits per heavy atom. The molecule has 194 valence electrons. The molecule has 0 fully saturated rings. The van der Waals surface area contributed by atoms with Gasteiger partial charge in [0.05, 0.1) is 18.1 Å². The number of anilines is 1. The smallest absolute Gasteiger partial charge is 0.255 e. The molecule has 7 nitrogen and oxygen atoms in total. The molecular formula is C30H38N6O. The van der Waals surface area contributed by atoms with Gasteiger partial charge in [-0.25, -0.2) is 4.68 Å². The molecular weight excluding hydrogens is 460 g/mol. The number of hydrogen-bond acceptors (Lipinski definition) is 4. The second-order valence-electron chi connectivity index (χ2n) is 11.4. The Hall–Kier alpha value is -3.74. The fourth-order valence-electron chi connectivity index (χ4n) is 4.25. The van der Waals surface area contributed by atoms with Gasteiger partial charge in [-0.15, -0.1) is 5.10 Å². The molecule has 2 heterocycles. The normalized spacial score (nSPS) is 11.8. The van der Waals surface area contributed by atoms with E-state index in [1.165, 1.54) is 11.1 Å². The first-order valence-electron chi connectivity index (χ1n) is 12.9. The van der Waals surface area contributed by atoms with E-state index in [9.17, 15) is 4.79 Å². The molecule has 2 aromatic carbocycles. The van der Waals surface area contributed by atoms with E-state index in [0.717, 1.165) is 46.7 Å². The van der Waals surface area contributed by atoms with Crippen LogP contribution in [0.4, 0.5) is 5.69 Å². The number of carbonyl (C=O) groups is 1. The predicted octanol–water partition coefficient (Wildman–Crippen LogP) is 6.42. The second-order valence-corrected chi connectivity index (χ2v) is 11.4. The molecule has 0 aliphatic heterocycles. The Morgan fingerprint density at radius 2 is 1.84 bits per heavy atom. The Kier molecular flexibility index (Phi) is 7.35. The Morgan fingerprint density at radius 3 is 2.49 bits per heavy atom. The number of aryl methyl sites for hydroxylation is 3. The Balaban J connectivity index is 1.61. The zero-order valence-electron chi connectivity index (χ0n) is 23.3. The Labute approximate surface area is 219 Å². The summed E-state index contributed by atoms with van der Waals surface area (Å²) >= 11 is 0. The molecule has 0 saturated carbocycles. The van der Waals surface area contributed by atoms with E-state index in [4.69, 9.17) is 0 Å². The lowest BCUT2D eigenvalue weighted by Crippen LogP contribution is -2.16. The molecule has 0 saturated heterocycles. The van der Waals surface area contributed by atoms with Crippen molar-refractivity contribution in [3.63, 3.8) is 0 Å². The van der Waals surface area contributed by atoms with E-state index in [1.54, 1.807) is 10.9 Å². The number of carbonyl (C=O) groups excluding carboxylic acids is 1. The molecule has 0 bridgehead atoms. The summed E-state index contributed by atoms with van der Waals surface area (Å²) in [6, 6.07) is 12.1. The molecule has 0 aliphatic rings. The fourth-order valence-corrected chi connectivity index (χ4v) is 4.25. The lowest BCUT2D eigenvalue weighted by Gasteiger charge is -2.22. The summed E-state index contributed by atoms with van der Waals surface area (Å²) in [7, 11) is 1.90. The molecule has 0 atom stereocenters. The van der Waals surface area contributed by atoms with E-state index in [0.29, 0.717) is 11.5 Å². The SMILES string of the molecule is Cc1ccc(C(=O)Nc2cc(CCC(C)C)cc(C(C)(C)C)c2)cc1-n1cc(-c2cnn(C)c2C)nn1. The number of amides is 1. The van der Waals surface area contributed by atoms with Gasteiger partial charge >= 0.3 is 0 Å². The average Bonchev–Trinajstić information content (AvgIpc) is 3.44. The van der Waals surface area contributed by atoms with Crippen LogP contribution < -0.4 is 5.32 Å². The molecule has 4 rings (SSSR count). The third-order valence-electron chi connectivity index (χ3n) is 6.85. The van der Waals surface area contributed by atoms with Crippen LogP contribution in [-0.2, 0) is 18.9 Å². The summed E-state index contributed by atoms with van der Waals surface area (Å²) < 4.78 is 3.53. The van der Waals surface area contributed by atoms with Gasteiger partial charge in [0.1, 0.15) is 5.69 Å². The molecule has 37 heavy (non-hydrogen) atoms. The fraction of sp³-hybridized carbons (Fsp3) is 0.400. The number of hydrogen-bond donors (Lipinski definition) is 1. The maximum Gasteiger partial charge on any atom is 0.255 e. The first-order valence-corrected chi connectivity index (χ1v) is 12.9. The summed E-state index contributed by atoms with van der Waals surface area (Å²) in [4.78, 5) is 13.4. The minimum atomic E-state index is -0.148. The molecule has 0 radical (unpaired) electrons. The molecule has 2 aromatic heterocycles. The van der Waals surface area contributed by atoms with Crippen molar-refractivity contribution in [2.24, 2.45) is 13.0 Å². The monoisotopic (exact) mass is 498 g/mol. The van der Waals surface area contributed by atoms with Crippen molar-refractivity contribution in [3.05, 3.63) is 76.7 Å². The van der Waals surface area contributed by atoms with Crippen molar-refractivity contribution in [2.45, 2.75) is 66.7 Å². The molecule has 0 aliphatic carbocycles. The third-order valence-corrected chi connectivity index (χ3v) is 6.85. The lowest BCUT2D eigenvalue weighted by molar-refractivity contribution is 0.102. The maximum absolute atomic E-state index is 13.4. The van der Waals surface area contributed by atoms with Crippen LogP contribution in [0.25, 0.3) is 16.9 Å². The molecule has 4 aromatic rings. The van der Waals surface area contributed by atoms with Gasteiger partial charge in [0.25, 0.3) is 5.91 Å². The van der Waals surface area contributed by atoms with E-state index >= 15 is 0 Å². The summed E-state index contributed by atoms with van der Waals surface area (Å²) in [5, 5.41) is 16.1. The zero-order valence-corrected chi connectivity index (χ0v) is 23.3. The summed E-state index contributed by atoms with van der Waals surface area (Å²) in [6.07, 6.45) is 5.77. The van der Waals surface area contributed by atoms with Gasteiger partial charge in [0.2, 0.25) is 0 Å². The van der Waals surface area contributed by atoms with Crippen molar-refractivity contribution < 1.29 is 4.79 Å². The van der Waals surface area contributed by atoms with Crippen molar-refractivity contribution >= 4 is 11.6 Å². The summed E-state index contributed by atoms with van der Waals surface area (Å²) in [5.41, 5.74) is 8.37. The Bertz CT molecular complexity index is 1420. The predicted molar refractivity (Wildman–Crippen MR) is 149 cm³/mol. The van der Waals surface area contributed by atoms with Crippen molar-refractivity contribution in [3.8, 4) is 16.9 Å². The number of nitrogens with one attached hydrogen (secondary N) is 1. The quantitative estimate of drug-likeness (QED) is 0.319. The van der Waals surface area contributed by atoms with Crippen molar-refractivity contribution in [2.75, 3.05) is 5.32 Å². The topological polar surface area (TPSA) is 77.6 Å². The van der Waals surface area contributed by atoms with Crippen LogP contribution in [0.15, 0.2) is 48.8 Å². The number of rotatable bonds is 7. The summed E-state index contributed by atoms with van der Waals surface area (Å²) in [5.74, 6) is 0.479. The van der Waals surface area contributed by atoms with Gasteiger partial charge in [-0.2, -0.15) is 5.10 Å². The minimum absolute atomic E-state index is 0.0121. The van der Waals surface area contributed by atoms with E-state index < -0.39 is 0 Å². The highest BCUT2D eigenvalue weighted by atomic mass is 16.1. The second kappa shape index (κ2) is 10.3. The van der Waals surface area contributed by atoms with Crippen LogP contribution in [0.3, 0.4) is 0 Å². The number of benzene rings is 2. The van der Waals surface area contributed by atoms with E-state index in [2.05, 4.69) is 73.5 Å². The standard InChI is InChI=1S/C30H38N6O/c1-19(2)9-11-22-13-24(30(5,6)7)16-25(14-22)32-29(37)23-12-10-20(3)28(15-23)36-18-27(33-34-36)26-17-31-35(8)21(26)4/h10,12-19H,9,11H2,1-8H3,(H,32,37). The first-order chi connectivity index (χ1) is 17.4. The van der Waals surface area contributed by atoms with Crippen LogP contribution in [-0.4, -0.2) is 30.7 Å². The highest BCUT2D eigenvalue weighted by Gasteiger charge is 2.18.